The molecule has 0 spiro atoms. The second-order valence-corrected chi connectivity index (χ2v) is 10.5. The maximum Gasteiger partial charge on any atom is 0.115 e. The van der Waals surface area contributed by atoms with Gasteiger partial charge in [0.1, 0.15) is 5.75 Å². The van der Waals surface area contributed by atoms with Crippen molar-refractivity contribution >= 4 is 0 Å². The molecule has 2 heteroatoms. The van der Waals surface area contributed by atoms with Crippen LogP contribution in [0.3, 0.4) is 0 Å². The van der Waals surface area contributed by atoms with Crippen LogP contribution in [0.25, 0.3) is 0 Å². The quantitative estimate of drug-likeness (QED) is 0.733. The average molecular weight is 357 g/mol. The summed E-state index contributed by atoms with van der Waals surface area (Å²) in [7, 11) is 0. The molecule has 2 fully saturated rings. The highest BCUT2D eigenvalue weighted by Gasteiger charge is 2.56. The predicted octanol–water partition coefficient (Wildman–Crippen LogP) is 5.66. The first-order valence-corrected chi connectivity index (χ1v) is 10.7. The number of phenolic OH excluding ortho intramolecular Hbond substituents is 1. The summed E-state index contributed by atoms with van der Waals surface area (Å²) in [6, 6.07) is 6.09. The van der Waals surface area contributed by atoms with Crippen LogP contribution in [0.15, 0.2) is 18.2 Å². The van der Waals surface area contributed by atoms with Gasteiger partial charge in [0, 0.05) is 0 Å². The van der Waals surface area contributed by atoms with Crippen LogP contribution in [0.1, 0.15) is 83.3 Å². The minimum Gasteiger partial charge on any atom is -0.508 e. The average Bonchev–Trinajstić information content (AvgIpc) is 2.89. The lowest BCUT2D eigenvalue weighted by Crippen LogP contribution is -2.47. The lowest BCUT2D eigenvalue weighted by atomic mass is 9.51. The number of hydrogen-bond acceptors (Lipinski definition) is 2. The summed E-state index contributed by atoms with van der Waals surface area (Å²) in [5.41, 5.74) is 3.34. The van der Waals surface area contributed by atoms with Crippen molar-refractivity contribution in [2.45, 2.75) is 84.7 Å². The molecule has 4 rings (SSSR count). The Balaban J connectivity index is 1.75. The molecule has 0 aromatic heterocycles. The number of aliphatic hydroxyl groups excluding tert-OH is 1. The van der Waals surface area contributed by atoms with Crippen LogP contribution in [0, 0.1) is 28.6 Å². The molecule has 0 aliphatic heterocycles. The lowest BCUT2D eigenvalue weighted by Gasteiger charge is -2.54. The maximum atomic E-state index is 10.7. The van der Waals surface area contributed by atoms with Crippen molar-refractivity contribution in [3.63, 3.8) is 0 Å². The second-order valence-electron chi connectivity index (χ2n) is 10.5. The Morgan fingerprint density at radius 3 is 2.69 bits per heavy atom. The highest BCUT2D eigenvalue weighted by atomic mass is 16.3. The lowest BCUT2D eigenvalue weighted by molar-refractivity contribution is -0.0442. The topological polar surface area (TPSA) is 40.5 Å². The van der Waals surface area contributed by atoms with Gasteiger partial charge in [-0.15, -0.1) is 0 Å². The minimum atomic E-state index is -0.116. The van der Waals surface area contributed by atoms with E-state index in [0.29, 0.717) is 34.8 Å². The zero-order chi connectivity index (χ0) is 18.7. The monoisotopic (exact) mass is 356 g/mol. The Morgan fingerprint density at radius 1 is 1.19 bits per heavy atom. The van der Waals surface area contributed by atoms with Gasteiger partial charge in [-0.1, -0.05) is 40.2 Å². The molecule has 3 unspecified atom stereocenters. The number of rotatable bonds is 3. The van der Waals surface area contributed by atoms with E-state index in [1.54, 1.807) is 0 Å². The van der Waals surface area contributed by atoms with Gasteiger partial charge < -0.3 is 10.2 Å². The molecule has 0 bridgehead atoms. The number of aromatic hydroxyl groups is 1. The van der Waals surface area contributed by atoms with Gasteiger partial charge >= 0.3 is 0 Å². The van der Waals surface area contributed by atoms with Gasteiger partial charge in [0.25, 0.3) is 0 Å². The molecule has 2 N–H and O–H groups in total. The van der Waals surface area contributed by atoms with E-state index in [2.05, 4.69) is 33.8 Å². The number of aliphatic hydroxyl groups is 1. The Morgan fingerprint density at radius 2 is 1.96 bits per heavy atom. The van der Waals surface area contributed by atoms with Crippen LogP contribution in [0.5, 0.6) is 5.75 Å². The summed E-state index contributed by atoms with van der Waals surface area (Å²) in [5, 5.41) is 20.8. The summed E-state index contributed by atoms with van der Waals surface area (Å²) < 4.78 is 0. The molecule has 0 amide bonds. The van der Waals surface area contributed by atoms with Crippen LogP contribution < -0.4 is 0 Å². The molecule has 144 valence electrons. The van der Waals surface area contributed by atoms with Gasteiger partial charge in [-0.25, -0.2) is 0 Å². The maximum absolute atomic E-state index is 10.7. The van der Waals surface area contributed by atoms with Gasteiger partial charge in [0.15, 0.2) is 0 Å². The molecular formula is C24H36O2. The van der Waals surface area contributed by atoms with E-state index in [1.165, 1.54) is 36.8 Å². The fourth-order valence-electron chi connectivity index (χ4n) is 6.80. The number of benzene rings is 1. The van der Waals surface area contributed by atoms with E-state index in [4.69, 9.17) is 0 Å². The van der Waals surface area contributed by atoms with Crippen molar-refractivity contribution < 1.29 is 10.2 Å². The third kappa shape index (κ3) is 2.80. The van der Waals surface area contributed by atoms with Gasteiger partial charge in [-0.05, 0) is 96.3 Å². The molecule has 2 nitrogen and oxygen atoms in total. The SMILES string of the molecule is CCC(C)(C)C[C@@H]1Cc2cc(O)ccc2[C@H]2CCC3(C)C(O)CC[C@H]3C12. The zero-order valence-electron chi connectivity index (χ0n) is 17.0. The molecule has 1 aromatic carbocycles. The third-order valence-corrected chi connectivity index (χ3v) is 8.61. The van der Waals surface area contributed by atoms with Crippen molar-refractivity contribution in [3.8, 4) is 5.75 Å². The van der Waals surface area contributed by atoms with Gasteiger partial charge in [0.05, 0.1) is 6.10 Å². The molecule has 1 aromatic rings. The Labute approximate surface area is 159 Å². The van der Waals surface area contributed by atoms with Crippen molar-refractivity contribution in [2.24, 2.45) is 28.6 Å². The minimum absolute atomic E-state index is 0.115. The predicted molar refractivity (Wildman–Crippen MR) is 106 cm³/mol. The van der Waals surface area contributed by atoms with E-state index in [-0.39, 0.29) is 11.5 Å². The third-order valence-electron chi connectivity index (χ3n) is 8.61. The van der Waals surface area contributed by atoms with Crippen LogP contribution in [-0.4, -0.2) is 16.3 Å². The molecule has 26 heavy (non-hydrogen) atoms. The summed E-state index contributed by atoms with van der Waals surface area (Å²) in [5.74, 6) is 3.02. The molecule has 0 saturated heterocycles. The fraction of sp³-hybridized carbons (Fsp3) is 0.750. The van der Waals surface area contributed by atoms with Crippen molar-refractivity contribution in [1.29, 1.82) is 0 Å². The molecule has 0 heterocycles. The summed E-state index contributed by atoms with van der Waals surface area (Å²) in [6.45, 7) is 9.49. The number of phenols is 1. The molecule has 6 atom stereocenters. The normalized spacial score (nSPS) is 39.2. The van der Waals surface area contributed by atoms with Gasteiger partial charge in [0.2, 0.25) is 0 Å². The van der Waals surface area contributed by atoms with E-state index in [1.807, 2.05) is 12.1 Å². The first-order chi connectivity index (χ1) is 12.2. The Hall–Kier alpha value is -1.02. The molecule has 3 aliphatic rings. The van der Waals surface area contributed by atoms with Gasteiger partial charge in [-0.3, -0.25) is 0 Å². The smallest absolute Gasteiger partial charge is 0.115 e. The van der Waals surface area contributed by atoms with Crippen molar-refractivity contribution in [1.82, 2.24) is 0 Å². The highest BCUT2D eigenvalue weighted by molar-refractivity contribution is 5.40. The largest absolute Gasteiger partial charge is 0.508 e. The van der Waals surface area contributed by atoms with Crippen LogP contribution in [0.2, 0.25) is 0 Å². The number of hydrogen-bond donors (Lipinski definition) is 2. The Kier molecular flexibility index (Phi) is 4.42. The first-order valence-electron chi connectivity index (χ1n) is 10.7. The first kappa shape index (κ1) is 18.3. The van der Waals surface area contributed by atoms with Crippen LogP contribution in [-0.2, 0) is 6.42 Å². The molecule has 3 aliphatic carbocycles. The van der Waals surface area contributed by atoms with Crippen molar-refractivity contribution in [3.05, 3.63) is 29.3 Å². The van der Waals surface area contributed by atoms with E-state index in [0.717, 1.165) is 19.3 Å². The van der Waals surface area contributed by atoms with E-state index >= 15 is 0 Å². The van der Waals surface area contributed by atoms with E-state index in [9.17, 15) is 10.2 Å². The zero-order valence-corrected chi connectivity index (χ0v) is 17.0. The number of fused-ring (bicyclic) bond motifs is 5. The summed E-state index contributed by atoms with van der Waals surface area (Å²) in [6.07, 6.45) is 7.94. The van der Waals surface area contributed by atoms with Gasteiger partial charge in [-0.2, -0.15) is 0 Å². The second kappa shape index (κ2) is 6.26. The molecule has 2 saturated carbocycles. The summed E-state index contributed by atoms with van der Waals surface area (Å²) >= 11 is 0. The molecular weight excluding hydrogens is 320 g/mol. The highest BCUT2D eigenvalue weighted by Crippen LogP contribution is 2.63. The van der Waals surface area contributed by atoms with Crippen molar-refractivity contribution in [2.75, 3.05) is 0 Å². The standard InChI is InChI=1S/C24H36O2/c1-5-23(2,3)14-16-12-15-13-17(25)6-7-18(15)19-10-11-24(4)20(22(16)19)8-9-21(24)26/h6-7,13,16,19-22,25-26H,5,8-12,14H2,1-4H3/t16-,19+,20-,21?,22?,24?/m0/s1. The van der Waals surface area contributed by atoms with E-state index < -0.39 is 0 Å². The van der Waals surface area contributed by atoms with Crippen LogP contribution >= 0.6 is 0 Å². The van der Waals surface area contributed by atoms with Crippen LogP contribution in [0.4, 0.5) is 0 Å². The Bertz CT molecular complexity index is 679. The molecule has 0 radical (unpaired) electrons. The summed E-state index contributed by atoms with van der Waals surface area (Å²) in [4.78, 5) is 0. The fourth-order valence-corrected chi connectivity index (χ4v) is 6.80.